The van der Waals surface area contributed by atoms with Crippen molar-refractivity contribution in [3.8, 4) is 11.3 Å². The van der Waals surface area contributed by atoms with Gasteiger partial charge in [-0.2, -0.15) is 0 Å². The fourth-order valence-corrected chi connectivity index (χ4v) is 2.58. The van der Waals surface area contributed by atoms with Crippen LogP contribution in [0.5, 0.6) is 0 Å². The van der Waals surface area contributed by atoms with Crippen molar-refractivity contribution in [1.82, 2.24) is 4.98 Å². The maximum atomic E-state index is 9.80. The van der Waals surface area contributed by atoms with Gasteiger partial charge in [-0.05, 0) is 6.42 Å². The molecule has 0 bridgehead atoms. The first-order valence-corrected chi connectivity index (χ1v) is 6.84. The van der Waals surface area contributed by atoms with Gasteiger partial charge >= 0.3 is 0 Å². The number of rotatable bonds is 6. The predicted octanol–water partition coefficient (Wildman–Crippen LogP) is 2.75. The molecule has 1 atom stereocenters. The molecule has 3 nitrogen and oxygen atoms in total. The quantitative estimate of drug-likeness (QED) is 0.871. The fourth-order valence-electron chi connectivity index (χ4n) is 1.70. The van der Waals surface area contributed by atoms with Crippen LogP contribution >= 0.6 is 11.3 Å². The molecule has 0 aliphatic rings. The van der Waals surface area contributed by atoms with Crippen LogP contribution in [0.25, 0.3) is 11.3 Å². The van der Waals surface area contributed by atoms with E-state index < -0.39 is 0 Å². The van der Waals surface area contributed by atoms with E-state index in [4.69, 9.17) is 4.74 Å². The Balaban J connectivity index is 1.98. The first-order valence-electron chi connectivity index (χ1n) is 5.96. The molecule has 4 heteroatoms. The van der Waals surface area contributed by atoms with Crippen LogP contribution in [0.1, 0.15) is 11.4 Å². The molecule has 0 amide bonds. The maximum Gasteiger partial charge on any atom is 0.0958 e. The molecule has 96 valence electrons. The van der Waals surface area contributed by atoms with E-state index in [-0.39, 0.29) is 6.10 Å². The van der Waals surface area contributed by atoms with Gasteiger partial charge in [0.2, 0.25) is 0 Å². The van der Waals surface area contributed by atoms with Gasteiger partial charge in [-0.15, -0.1) is 11.3 Å². The van der Waals surface area contributed by atoms with Crippen LogP contribution in [-0.4, -0.2) is 29.9 Å². The Hall–Kier alpha value is -1.23. The minimum atomic E-state index is -0.375. The highest BCUT2D eigenvalue weighted by Gasteiger charge is 2.09. The number of hydrogen-bond donors (Lipinski definition) is 1. The Kier molecular flexibility index (Phi) is 4.87. The van der Waals surface area contributed by atoms with E-state index in [9.17, 15) is 5.11 Å². The lowest BCUT2D eigenvalue weighted by Gasteiger charge is -2.06. The lowest BCUT2D eigenvalue weighted by Crippen LogP contribution is -2.12. The summed E-state index contributed by atoms with van der Waals surface area (Å²) in [6, 6.07) is 10.1. The van der Waals surface area contributed by atoms with Gasteiger partial charge in [0.1, 0.15) is 0 Å². The van der Waals surface area contributed by atoms with E-state index in [2.05, 4.69) is 4.98 Å². The zero-order chi connectivity index (χ0) is 12.8. The molecule has 0 saturated heterocycles. The van der Waals surface area contributed by atoms with Crippen LogP contribution in [0.2, 0.25) is 0 Å². The van der Waals surface area contributed by atoms with Crippen molar-refractivity contribution in [2.45, 2.75) is 18.9 Å². The fraction of sp³-hybridized carbons (Fsp3) is 0.357. The summed E-state index contributed by atoms with van der Waals surface area (Å²) in [5, 5.41) is 12.8. The molecule has 1 unspecified atom stereocenters. The van der Waals surface area contributed by atoms with Gasteiger partial charge < -0.3 is 9.84 Å². The number of aliphatic hydroxyl groups excluding tert-OH is 1. The highest BCUT2D eigenvalue weighted by Crippen LogP contribution is 2.22. The highest BCUT2D eigenvalue weighted by molar-refractivity contribution is 7.09. The molecule has 0 fully saturated rings. The van der Waals surface area contributed by atoms with Gasteiger partial charge in [0.15, 0.2) is 0 Å². The molecule has 0 saturated carbocycles. The SMILES string of the molecule is COCCC(O)Cc1nc(-c2ccccc2)cs1. The Labute approximate surface area is 111 Å². The average molecular weight is 263 g/mol. The molecule has 0 radical (unpaired) electrons. The summed E-state index contributed by atoms with van der Waals surface area (Å²) in [5.74, 6) is 0. The van der Waals surface area contributed by atoms with Crippen molar-refractivity contribution in [1.29, 1.82) is 0 Å². The molecule has 1 heterocycles. The zero-order valence-corrected chi connectivity index (χ0v) is 11.2. The van der Waals surface area contributed by atoms with E-state index >= 15 is 0 Å². The van der Waals surface area contributed by atoms with Gasteiger partial charge in [0, 0.05) is 31.1 Å². The van der Waals surface area contributed by atoms with E-state index in [1.54, 1.807) is 18.4 Å². The van der Waals surface area contributed by atoms with Crippen LogP contribution in [0, 0.1) is 0 Å². The number of methoxy groups -OCH3 is 1. The van der Waals surface area contributed by atoms with Gasteiger partial charge in [0.25, 0.3) is 0 Å². The number of thiazole rings is 1. The second-order valence-electron chi connectivity index (χ2n) is 4.13. The molecule has 1 N–H and O–H groups in total. The number of hydrogen-bond acceptors (Lipinski definition) is 4. The van der Waals surface area contributed by atoms with Crippen LogP contribution < -0.4 is 0 Å². The summed E-state index contributed by atoms with van der Waals surface area (Å²) in [7, 11) is 1.64. The van der Waals surface area contributed by atoms with Crippen molar-refractivity contribution in [2.75, 3.05) is 13.7 Å². The monoisotopic (exact) mass is 263 g/mol. The van der Waals surface area contributed by atoms with Gasteiger partial charge in [-0.3, -0.25) is 0 Å². The van der Waals surface area contributed by atoms with Gasteiger partial charge in [0.05, 0.1) is 16.8 Å². The molecule has 2 rings (SSSR count). The molecular formula is C14H17NO2S. The second kappa shape index (κ2) is 6.64. The van der Waals surface area contributed by atoms with E-state index in [0.29, 0.717) is 19.4 Å². The summed E-state index contributed by atoms with van der Waals surface area (Å²) in [6.45, 7) is 0.581. The minimum absolute atomic E-state index is 0.375. The molecule has 0 aliphatic heterocycles. The van der Waals surface area contributed by atoms with Crippen LogP contribution in [0.4, 0.5) is 0 Å². The van der Waals surface area contributed by atoms with Gasteiger partial charge in [-0.1, -0.05) is 30.3 Å². The van der Waals surface area contributed by atoms with Crippen molar-refractivity contribution < 1.29 is 9.84 Å². The summed E-state index contributed by atoms with van der Waals surface area (Å²) in [4.78, 5) is 4.55. The zero-order valence-electron chi connectivity index (χ0n) is 10.4. The maximum absolute atomic E-state index is 9.80. The molecular weight excluding hydrogens is 246 g/mol. The summed E-state index contributed by atoms with van der Waals surface area (Å²) < 4.78 is 4.95. The summed E-state index contributed by atoms with van der Waals surface area (Å²) >= 11 is 1.59. The van der Waals surface area contributed by atoms with Crippen LogP contribution in [0.15, 0.2) is 35.7 Å². The average Bonchev–Trinajstić information content (AvgIpc) is 2.86. The lowest BCUT2D eigenvalue weighted by atomic mass is 10.2. The molecule has 1 aromatic heterocycles. The normalized spacial score (nSPS) is 12.6. The van der Waals surface area contributed by atoms with Crippen molar-refractivity contribution in [2.24, 2.45) is 0 Å². The molecule has 2 aromatic rings. The van der Waals surface area contributed by atoms with Gasteiger partial charge in [-0.25, -0.2) is 4.98 Å². The van der Waals surface area contributed by atoms with Crippen LogP contribution in [0.3, 0.4) is 0 Å². The largest absolute Gasteiger partial charge is 0.393 e. The number of aromatic nitrogens is 1. The second-order valence-corrected chi connectivity index (χ2v) is 5.07. The molecule has 1 aromatic carbocycles. The van der Waals surface area contributed by atoms with Crippen molar-refractivity contribution in [3.05, 3.63) is 40.7 Å². The molecule has 0 spiro atoms. The van der Waals surface area contributed by atoms with Crippen molar-refractivity contribution in [3.63, 3.8) is 0 Å². The number of benzene rings is 1. The topological polar surface area (TPSA) is 42.4 Å². The first-order chi connectivity index (χ1) is 8.79. The smallest absolute Gasteiger partial charge is 0.0958 e. The third-order valence-corrected chi connectivity index (χ3v) is 3.56. The Morgan fingerprint density at radius 3 is 2.83 bits per heavy atom. The van der Waals surface area contributed by atoms with Crippen LogP contribution in [-0.2, 0) is 11.2 Å². The minimum Gasteiger partial charge on any atom is -0.393 e. The lowest BCUT2D eigenvalue weighted by molar-refractivity contribution is 0.110. The third kappa shape index (κ3) is 3.63. The van der Waals surface area contributed by atoms with E-state index in [1.165, 1.54) is 0 Å². The highest BCUT2D eigenvalue weighted by atomic mass is 32.1. The predicted molar refractivity (Wildman–Crippen MR) is 73.8 cm³/mol. The summed E-state index contributed by atoms with van der Waals surface area (Å²) in [6.07, 6.45) is 0.872. The number of ether oxygens (including phenoxy) is 1. The Bertz CT molecular complexity index is 470. The first kappa shape index (κ1) is 13.2. The Morgan fingerprint density at radius 2 is 2.11 bits per heavy atom. The van der Waals surface area contributed by atoms with E-state index in [1.807, 2.05) is 35.7 Å². The molecule has 0 aliphatic carbocycles. The standard InChI is InChI=1S/C14H17NO2S/c1-17-8-7-12(16)9-14-15-13(10-18-14)11-5-3-2-4-6-11/h2-6,10,12,16H,7-9H2,1H3. The van der Waals surface area contributed by atoms with E-state index in [0.717, 1.165) is 16.3 Å². The summed E-state index contributed by atoms with van der Waals surface area (Å²) in [5.41, 5.74) is 2.10. The Morgan fingerprint density at radius 1 is 1.33 bits per heavy atom. The number of nitrogens with zero attached hydrogens (tertiary/aromatic N) is 1. The van der Waals surface area contributed by atoms with Crippen molar-refractivity contribution >= 4 is 11.3 Å². The molecule has 18 heavy (non-hydrogen) atoms. The third-order valence-electron chi connectivity index (χ3n) is 2.69. The number of aliphatic hydroxyl groups is 1.